The van der Waals surface area contributed by atoms with Crippen LogP contribution >= 0.6 is 0 Å². The summed E-state index contributed by atoms with van der Waals surface area (Å²) in [7, 11) is 0. The molecule has 2 atom stereocenters. The minimum atomic E-state index is 0.219. The summed E-state index contributed by atoms with van der Waals surface area (Å²) >= 11 is 0. The molecule has 2 fully saturated rings. The van der Waals surface area contributed by atoms with Gasteiger partial charge in [0, 0.05) is 13.2 Å². The Bertz CT molecular complexity index is 249. The summed E-state index contributed by atoms with van der Waals surface area (Å²) < 4.78 is 5.59. The van der Waals surface area contributed by atoms with E-state index in [2.05, 4.69) is 19.2 Å². The van der Waals surface area contributed by atoms with E-state index in [4.69, 9.17) is 4.74 Å². The Hall–Kier alpha value is -0.610. The Morgan fingerprint density at radius 2 is 2.38 bits per heavy atom. The maximum Gasteiger partial charge on any atom is 0.237 e. The highest BCUT2D eigenvalue weighted by Crippen LogP contribution is 2.19. The number of amides is 1. The predicted octanol–water partition coefficient (Wildman–Crippen LogP) is 0.969. The first-order chi connectivity index (χ1) is 7.66. The quantitative estimate of drug-likeness (QED) is 0.776. The van der Waals surface area contributed by atoms with E-state index in [9.17, 15) is 4.79 Å². The molecule has 0 aliphatic carbocycles. The monoisotopic (exact) mass is 226 g/mol. The second kappa shape index (κ2) is 5.15. The van der Waals surface area contributed by atoms with E-state index in [1.54, 1.807) is 0 Å². The molecule has 4 heteroatoms. The standard InChI is InChI=1S/C12H22N2O2/c1-9(2)6-11-13-7-12(15)14(11)8-10-4-3-5-16-10/h9-11,13H,3-8H2,1-2H3. The van der Waals surface area contributed by atoms with Gasteiger partial charge in [0.25, 0.3) is 0 Å². The predicted molar refractivity (Wildman–Crippen MR) is 61.9 cm³/mol. The van der Waals surface area contributed by atoms with Crippen molar-refractivity contribution in [2.24, 2.45) is 5.92 Å². The van der Waals surface area contributed by atoms with E-state index < -0.39 is 0 Å². The Morgan fingerprint density at radius 1 is 1.56 bits per heavy atom. The van der Waals surface area contributed by atoms with Crippen molar-refractivity contribution in [1.29, 1.82) is 0 Å². The number of rotatable bonds is 4. The van der Waals surface area contributed by atoms with Crippen LogP contribution in [0.15, 0.2) is 0 Å². The van der Waals surface area contributed by atoms with Crippen LogP contribution in [0.4, 0.5) is 0 Å². The molecule has 2 aliphatic rings. The molecule has 2 rings (SSSR count). The highest BCUT2D eigenvalue weighted by molar-refractivity contribution is 5.80. The first kappa shape index (κ1) is 11.9. The lowest BCUT2D eigenvalue weighted by atomic mass is 10.1. The van der Waals surface area contributed by atoms with Gasteiger partial charge >= 0.3 is 0 Å². The molecule has 2 saturated heterocycles. The van der Waals surface area contributed by atoms with Crippen molar-refractivity contribution in [3.8, 4) is 0 Å². The molecule has 0 bridgehead atoms. The average molecular weight is 226 g/mol. The summed E-state index contributed by atoms with van der Waals surface area (Å²) in [5, 5.41) is 3.28. The molecule has 0 spiro atoms. The SMILES string of the molecule is CC(C)CC1NCC(=O)N1CC1CCCO1. The van der Waals surface area contributed by atoms with Gasteiger partial charge in [0.15, 0.2) is 0 Å². The van der Waals surface area contributed by atoms with Crippen molar-refractivity contribution >= 4 is 5.91 Å². The highest BCUT2D eigenvalue weighted by atomic mass is 16.5. The fraction of sp³-hybridized carbons (Fsp3) is 0.917. The minimum Gasteiger partial charge on any atom is -0.376 e. The van der Waals surface area contributed by atoms with E-state index in [0.717, 1.165) is 32.4 Å². The molecule has 16 heavy (non-hydrogen) atoms. The maximum absolute atomic E-state index is 11.8. The lowest BCUT2D eigenvalue weighted by molar-refractivity contribution is -0.129. The summed E-state index contributed by atoms with van der Waals surface area (Å²) in [6.07, 6.45) is 3.74. The van der Waals surface area contributed by atoms with Gasteiger partial charge < -0.3 is 9.64 Å². The molecule has 0 aromatic rings. The van der Waals surface area contributed by atoms with Crippen LogP contribution in [0.2, 0.25) is 0 Å². The first-order valence-corrected chi connectivity index (χ1v) is 6.31. The average Bonchev–Trinajstić information content (AvgIpc) is 2.82. The lowest BCUT2D eigenvalue weighted by Gasteiger charge is -2.27. The lowest BCUT2D eigenvalue weighted by Crippen LogP contribution is -2.42. The third-order valence-electron chi connectivity index (χ3n) is 3.30. The third-order valence-corrected chi connectivity index (χ3v) is 3.30. The first-order valence-electron chi connectivity index (χ1n) is 6.31. The van der Waals surface area contributed by atoms with Crippen molar-refractivity contribution in [2.45, 2.75) is 45.4 Å². The van der Waals surface area contributed by atoms with E-state index >= 15 is 0 Å². The van der Waals surface area contributed by atoms with Gasteiger partial charge in [-0.25, -0.2) is 0 Å². The molecule has 0 saturated carbocycles. The molecule has 2 aliphatic heterocycles. The van der Waals surface area contributed by atoms with Crippen LogP contribution in [0.3, 0.4) is 0 Å². The number of hydrogen-bond acceptors (Lipinski definition) is 3. The summed E-state index contributed by atoms with van der Waals surface area (Å²) in [5.41, 5.74) is 0. The smallest absolute Gasteiger partial charge is 0.237 e. The van der Waals surface area contributed by atoms with Crippen LogP contribution in [0.25, 0.3) is 0 Å². The molecule has 2 heterocycles. The van der Waals surface area contributed by atoms with E-state index in [0.29, 0.717) is 12.5 Å². The summed E-state index contributed by atoms with van der Waals surface area (Å²) in [4.78, 5) is 13.7. The number of ether oxygens (including phenoxy) is 1. The number of carbonyl (C=O) groups is 1. The zero-order chi connectivity index (χ0) is 11.5. The summed E-state index contributed by atoms with van der Waals surface area (Å²) in [6.45, 7) is 6.49. The second-order valence-electron chi connectivity index (χ2n) is 5.21. The number of nitrogens with zero attached hydrogens (tertiary/aromatic N) is 1. The molecule has 4 nitrogen and oxygen atoms in total. The van der Waals surface area contributed by atoms with E-state index in [1.807, 2.05) is 4.90 Å². The topological polar surface area (TPSA) is 41.6 Å². The van der Waals surface area contributed by atoms with Crippen molar-refractivity contribution in [1.82, 2.24) is 10.2 Å². The van der Waals surface area contributed by atoms with E-state index in [1.165, 1.54) is 0 Å². The van der Waals surface area contributed by atoms with Gasteiger partial charge in [-0.3, -0.25) is 10.1 Å². The Balaban J connectivity index is 1.90. The van der Waals surface area contributed by atoms with Crippen LogP contribution in [0, 0.1) is 5.92 Å². The molecule has 1 N–H and O–H groups in total. The molecule has 1 amide bonds. The van der Waals surface area contributed by atoms with Crippen molar-refractivity contribution in [3.63, 3.8) is 0 Å². The van der Waals surface area contributed by atoms with Crippen LogP contribution in [0.1, 0.15) is 33.1 Å². The largest absolute Gasteiger partial charge is 0.376 e. The molecule has 2 unspecified atom stereocenters. The van der Waals surface area contributed by atoms with Gasteiger partial charge in [-0.1, -0.05) is 13.8 Å². The third kappa shape index (κ3) is 2.74. The Kier molecular flexibility index (Phi) is 3.82. The fourth-order valence-corrected chi connectivity index (χ4v) is 2.48. The molecule has 92 valence electrons. The minimum absolute atomic E-state index is 0.219. The van der Waals surface area contributed by atoms with Gasteiger partial charge in [0.05, 0.1) is 18.8 Å². The Morgan fingerprint density at radius 3 is 3.00 bits per heavy atom. The Labute approximate surface area is 97.3 Å². The summed E-state index contributed by atoms with van der Waals surface area (Å²) in [5.74, 6) is 0.830. The molecular weight excluding hydrogens is 204 g/mol. The summed E-state index contributed by atoms with van der Waals surface area (Å²) in [6, 6.07) is 0. The number of hydrogen-bond donors (Lipinski definition) is 1. The maximum atomic E-state index is 11.8. The van der Waals surface area contributed by atoms with Crippen LogP contribution in [0.5, 0.6) is 0 Å². The van der Waals surface area contributed by atoms with Crippen LogP contribution < -0.4 is 5.32 Å². The normalized spacial score (nSPS) is 30.7. The van der Waals surface area contributed by atoms with Gasteiger partial charge in [-0.15, -0.1) is 0 Å². The van der Waals surface area contributed by atoms with Crippen molar-refractivity contribution in [2.75, 3.05) is 19.7 Å². The zero-order valence-electron chi connectivity index (χ0n) is 10.2. The highest BCUT2D eigenvalue weighted by Gasteiger charge is 2.33. The van der Waals surface area contributed by atoms with Crippen LogP contribution in [-0.4, -0.2) is 42.8 Å². The fourth-order valence-electron chi connectivity index (χ4n) is 2.48. The van der Waals surface area contributed by atoms with Gasteiger partial charge in [0.2, 0.25) is 5.91 Å². The van der Waals surface area contributed by atoms with Crippen LogP contribution in [-0.2, 0) is 9.53 Å². The van der Waals surface area contributed by atoms with Gasteiger partial charge in [0.1, 0.15) is 0 Å². The van der Waals surface area contributed by atoms with Gasteiger partial charge in [-0.05, 0) is 25.2 Å². The molecule has 0 radical (unpaired) electrons. The molecule has 0 aromatic carbocycles. The second-order valence-corrected chi connectivity index (χ2v) is 5.21. The zero-order valence-corrected chi connectivity index (χ0v) is 10.2. The molecular formula is C12H22N2O2. The van der Waals surface area contributed by atoms with Crippen molar-refractivity contribution < 1.29 is 9.53 Å². The number of nitrogens with one attached hydrogen (secondary N) is 1. The van der Waals surface area contributed by atoms with Crippen molar-refractivity contribution in [3.05, 3.63) is 0 Å². The number of carbonyl (C=O) groups excluding carboxylic acids is 1. The van der Waals surface area contributed by atoms with E-state index in [-0.39, 0.29) is 18.2 Å². The van der Waals surface area contributed by atoms with Gasteiger partial charge in [-0.2, -0.15) is 0 Å². The molecule has 0 aromatic heterocycles.